The van der Waals surface area contributed by atoms with E-state index in [1.807, 2.05) is 40.5 Å². The third-order valence-corrected chi connectivity index (χ3v) is 11.2. The van der Waals surface area contributed by atoms with Gasteiger partial charge in [-0.05, 0) is 43.3 Å². The molecule has 14 heteroatoms. The highest BCUT2D eigenvalue weighted by Gasteiger charge is 2.34. The summed E-state index contributed by atoms with van der Waals surface area (Å²) < 4.78 is 78.5. The second-order valence-electron chi connectivity index (χ2n) is 13.6. The number of carbonyl (C=O) groups is 1. The van der Waals surface area contributed by atoms with Crippen LogP contribution in [0.1, 0.15) is 34.6 Å². The monoisotopic (exact) mass is 740 g/mol. The SMILES string of the molecule is CNC(=O)c1c(-c2ccc(C)cc2)oc2cc(N(C)S(C)(=O)=O)c(-c3ccc4nc(CN5CCC(F)(F)CC5)n5c6cccc(F)c6cc5c4n3)cc12. The number of fused-ring (bicyclic) bond motifs is 6. The molecule has 0 bridgehead atoms. The highest BCUT2D eigenvalue weighted by molar-refractivity contribution is 7.92. The molecule has 1 aliphatic rings. The highest BCUT2D eigenvalue weighted by Crippen LogP contribution is 2.42. The number of piperidine rings is 1. The first kappa shape index (κ1) is 34.6. The Hall–Kier alpha value is -5.47. The molecule has 0 radical (unpaired) electrons. The molecular formula is C39H35F3N6O4S. The Kier molecular flexibility index (Phi) is 8.22. The Labute approximate surface area is 302 Å². The van der Waals surface area contributed by atoms with Gasteiger partial charge >= 0.3 is 0 Å². The number of amides is 1. The summed E-state index contributed by atoms with van der Waals surface area (Å²) >= 11 is 0. The zero-order valence-corrected chi connectivity index (χ0v) is 30.2. The molecule has 7 aromatic rings. The third kappa shape index (κ3) is 6.05. The number of nitrogens with one attached hydrogen (secondary N) is 1. The maximum absolute atomic E-state index is 15.3. The summed E-state index contributed by atoms with van der Waals surface area (Å²) in [7, 11) is -0.839. The average molecular weight is 741 g/mol. The number of furan rings is 1. The van der Waals surface area contributed by atoms with Gasteiger partial charge in [0.1, 0.15) is 28.5 Å². The summed E-state index contributed by atoms with van der Waals surface area (Å²) in [6.07, 6.45) is 0.577. The van der Waals surface area contributed by atoms with Crippen molar-refractivity contribution in [2.45, 2.75) is 32.2 Å². The number of anilines is 1. The van der Waals surface area contributed by atoms with E-state index >= 15 is 4.39 Å². The Bertz CT molecular complexity index is 2720. The van der Waals surface area contributed by atoms with Gasteiger partial charge < -0.3 is 9.73 Å². The maximum Gasteiger partial charge on any atom is 0.255 e. The molecule has 8 rings (SSSR count). The van der Waals surface area contributed by atoms with E-state index in [2.05, 4.69) is 5.32 Å². The minimum absolute atomic E-state index is 0.190. The number of alkyl halides is 2. The average Bonchev–Trinajstić information content (AvgIpc) is 3.71. The first-order valence-corrected chi connectivity index (χ1v) is 18.9. The Balaban J connectivity index is 1.37. The number of carbonyl (C=O) groups excluding carboxylic acids is 1. The molecule has 3 aromatic carbocycles. The van der Waals surface area contributed by atoms with Gasteiger partial charge in [0.2, 0.25) is 10.0 Å². The number of halogens is 3. The van der Waals surface area contributed by atoms with Crippen molar-refractivity contribution >= 4 is 60.0 Å². The van der Waals surface area contributed by atoms with Crippen molar-refractivity contribution in [1.82, 2.24) is 24.6 Å². The topological polar surface area (TPSA) is 113 Å². The molecule has 0 atom stereocenters. The number of hydrogen-bond acceptors (Lipinski definition) is 7. The summed E-state index contributed by atoms with van der Waals surface area (Å²) in [6, 6.07) is 20.7. The zero-order chi connectivity index (χ0) is 37.4. The van der Waals surface area contributed by atoms with Gasteiger partial charge in [-0.2, -0.15) is 0 Å². The van der Waals surface area contributed by atoms with Crippen LogP contribution in [0.3, 0.4) is 0 Å². The molecule has 1 N–H and O–H groups in total. The summed E-state index contributed by atoms with van der Waals surface area (Å²) in [5.41, 5.74) is 5.29. The maximum atomic E-state index is 15.3. The van der Waals surface area contributed by atoms with E-state index in [0.717, 1.165) is 16.1 Å². The van der Waals surface area contributed by atoms with Crippen LogP contribution in [0.25, 0.3) is 61.0 Å². The number of aromatic nitrogens is 3. The predicted molar refractivity (Wildman–Crippen MR) is 199 cm³/mol. The Morgan fingerprint density at radius 1 is 0.981 bits per heavy atom. The lowest BCUT2D eigenvalue weighted by Gasteiger charge is -2.31. The fourth-order valence-electron chi connectivity index (χ4n) is 7.10. The standard InChI is InChI=1S/C39H35F3N6O4S/c1-22-8-10-23(11-9-22)37-35(38(49)43-2)26-18-25(31(20-33(26)52-37)46(3)53(4,50)51)28-12-13-29-36(45-28)32-19-24-27(40)6-5-7-30(24)48(32)34(44-29)21-47-16-14-39(41,42)15-17-47/h5-13,18-20H,14-17,21H2,1-4H3,(H,43,49). The first-order chi connectivity index (χ1) is 25.2. The fourth-order valence-corrected chi connectivity index (χ4v) is 7.60. The van der Waals surface area contributed by atoms with Crippen molar-refractivity contribution in [3.05, 3.63) is 95.6 Å². The summed E-state index contributed by atoms with van der Waals surface area (Å²) in [4.78, 5) is 25.3. The van der Waals surface area contributed by atoms with E-state index < -0.39 is 27.7 Å². The number of aryl methyl sites for hydroxylation is 1. The summed E-state index contributed by atoms with van der Waals surface area (Å²) in [6.45, 7) is 2.59. The van der Waals surface area contributed by atoms with Crippen molar-refractivity contribution in [3.8, 4) is 22.6 Å². The second kappa shape index (κ2) is 12.6. The number of benzene rings is 3. The molecule has 4 aromatic heterocycles. The lowest BCUT2D eigenvalue weighted by atomic mass is 10.00. The first-order valence-electron chi connectivity index (χ1n) is 17.1. The molecule has 1 saturated heterocycles. The molecule has 0 aliphatic carbocycles. The minimum atomic E-state index is -3.79. The second-order valence-corrected chi connectivity index (χ2v) is 15.6. The van der Waals surface area contributed by atoms with Crippen molar-refractivity contribution < 1.29 is 30.8 Å². The van der Waals surface area contributed by atoms with Gasteiger partial charge in [-0.3, -0.25) is 18.4 Å². The lowest BCUT2D eigenvalue weighted by molar-refractivity contribution is -0.0570. The summed E-state index contributed by atoms with van der Waals surface area (Å²) in [5.74, 6) is -2.66. The highest BCUT2D eigenvalue weighted by atomic mass is 32.2. The van der Waals surface area contributed by atoms with E-state index in [-0.39, 0.29) is 43.7 Å². The number of pyridine rings is 1. The number of rotatable bonds is 7. The van der Waals surface area contributed by atoms with Gasteiger partial charge in [0.15, 0.2) is 0 Å². The lowest BCUT2D eigenvalue weighted by Crippen LogP contribution is -2.39. The normalized spacial score (nSPS) is 15.2. The van der Waals surface area contributed by atoms with Crippen LogP contribution in [-0.4, -0.2) is 73.0 Å². The molecular weight excluding hydrogens is 706 g/mol. The smallest absolute Gasteiger partial charge is 0.255 e. The van der Waals surface area contributed by atoms with Gasteiger partial charge in [-0.25, -0.2) is 31.6 Å². The van der Waals surface area contributed by atoms with Crippen LogP contribution in [0.15, 0.2) is 77.2 Å². The van der Waals surface area contributed by atoms with Gasteiger partial charge in [0.25, 0.3) is 11.8 Å². The molecule has 1 aliphatic heterocycles. The molecule has 0 spiro atoms. The minimum Gasteiger partial charge on any atom is -0.455 e. The van der Waals surface area contributed by atoms with Crippen LogP contribution in [-0.2, 0) is 16.6 Å². The van der Waals surface area contributed by atoms with Crippen LogP contribution in [0, 0.1) is 12.7 Å². The van der Waals surface area contributed by atoms with Crippen molar-refractivity contribution in [3.63, 3.8) is 0 Å². The number of hydrogen-bond donors (Lipinski definition) is 1. The molecule has 53 heavy (non-hydrogen) atoms. The van der Waals surface area contributed by atoms with Crippen LogP contribution in [0.2, 0.25) is 0 Å². The Morgan fingerprint density at radius 2 is 1.72 bits per heavy atom. The van der Waals surface area contributed by atoms with Crippen LogP contribution in [0.4, 0.5) is 18.9 Å². The van der Waals surface area contributed by atoms with Crippen LogP contribution >= 0.6 is 0 Å². The Morgan fingerprint density at radius 3 is 2.42 bits per heavy atom. The van der Waals surface area contributed by atoms with Gasteiger partial charge in [0, 0.05) is 68.0 Å². The molecule has 10 nitrogen and oxygen atoms in total. The fraction of sp³-hybridized carbons (Fsp3) is 0.256. The molecule has 1 fully saturated rings. The van der Waals surface area contributed by atoms with E-state index in [0.29, 0.717) is 66.8 Å². The van der Waals surface area contributed by atoms with Gasteiger partial charge in [0.05, 0.1) is 46.3 Å². The van der Waals surface area contributed by atoms with E-state index in [9.17, 15) is 22.0 Å². The van der Waals surface area contributed by atoms with Crippen LogP contribution in [0.5, 0.6) is 0 Å². The van der Waals surface area contributed by atoms with Crippen molar-refractivity contribution in [2.75, 3.05) is 37.7 Å². The quantitative estimate of drug-likeness (QED) is 0.180. The molecule has 1 amide bonds. The van der Waals surface area contributed by atoms with Gasteiger partial charge in [-0.1, -0.05) is 35.9 Å². The number of likely N-dealkylation sites (tertiary alicyclic amines) is 1. The molecule has 0 saturated carbocycles. The van der Waals surface area contributed by atoms with Crippen LogP contribution < -0.4 is 9.62 Å². The van der Waals surface area contributed by atoms with E-state index in [1.165, 1.54) is 20.2 Å². The van der Waals surface area contributed by atoms with Crippen molar-refractivity contribution in [2.24, 2.45) is 0 Å². The van der Waals surface area contributed by atoms with Gasteiger partial charge in [-0.15, -0.1) is 0 Å². The third-order valence-electron chi connectivity index (χ3n) is 10.1. The zero-order valence-electron chi connectivity index (χ0n) is 29.4. The molecule has 5 heterocycles. The molecule has 0 unspecified atom stereocenters. The summed E-state index contributed by atoms with van der Waals surface area (Å²) in [5, 5.41) is 3.49. The largest absolute Gasteiger partial charge is 0.455 e. The predicted octanol–water partition coefficient (Wildman–Crippen LogP) is 7.55. The number of sulfonamides is 1. The number of nitrogens with zero attached hydrogens (tertiary/aromatic N) is 5. The van der Waals surface area contributed by atoms with E-state index in [1.54, 1.807) is 42.5 Å². The molecule has 272 valence electrons. The van der Waals surface area contributed by atoms with E-state index in [4.69, 9.17) is 14.4 Å². The van der Waals surface area contributed by atoms with Crippen molar-refractivity contribution in [1.29, 1.82) is 0 Å².